The van der Waals surface area contributed by atoms with Crippen molar-refractivity contribution in [1.82, 2.24) is 9.88 Å². The first-order valence-corrected chi connectivity index (χ1v) is 9.36. The average Bonchev–Trinajstić information content (AvgIpc) is 2.94. The zero-order chi connectivity index (χ0) is 19.0. The van der Waals surface area contributed by atoms with Crippen molar-refractivity contribution in [3.8, 4) is 6.07 Å². The number of pyridine rings is 1. The van der Waals surface area contributed by atoms with Gasteiger partial charge in [-0.1, -0.05) is 6.07 Å². The van der Waals surface area contributed by atoms with E-state index in [4.69, 9.17) is 0 Å². The first-order chi connectivity index (χ1) is 13.1. The molecule has 4 rings (SSSR count). The minimum atomic E-state index is -0.490. The van der Waals surface area contributed by atoms with Crippen molar-refractivity contribution in [2.45, 2.75) is 0 Å². The van der Waals surface area contributed by atoms with E-state index < -0.39 is 11.7 Å². The molecule has 2 aliphatic rings. The minimum absolute atomic E-state index is 0.370. The Balaban J connectivity index is 1.46. The number of nitrogens with zero attached hydrogens (tertiary/aromatic N) is 5. The summed E-state index contributed by atoms with van der Waals surface area (Å²) in [7, 11) is 0. The molecule has 0 N–H and O–H groups in total. The van der Waals surface area contributed by atoms with Gasteiger partial charge in [-0.2, -0.15) is 5.26 Å². The van der Waals surface area contributed by atoms with Crippen LogP contribution in [0.25, 0.3) is 0 Å². The lowest BCUT2D eigenvalue weighted by atomic mass is 10.1. The summed E-state index contributed by atoms with van der Waals surface area (Å²) < 4.78 is 0.643. The Morgan fingerprint density at radius 1 is 1.11 bits per heavy atom. The van der Waals surface area contributed by atoms with Gasteiger partial charge in [-0.15, -0.1) is 0 Å². The highest BCUT2D eigenvalue weighted by atomic mass is 79.9. The van der Waals surface area contributed by atoms with E-state index in [9.17, 15) is 14.9 Å². The summed E-state index contributed by atoms with van der Waals surface area (Å²) in [6, 6.07) is 11.1. The van der Waals surface area contributed by atoms with Crippen LogP contribution in [-0.4, -0.2) is 54.4 Å². The van der Waals surface area contributed by atoms with Crippen LogP contribution in [0.3, 0.4) is 0 Å². The number of hydrogen-bond acceptors (Lipinski definition) is 6. The number of carbonyl (C=O) groups excluding carboxylic acids is 2. The number of hydrogen-bond donors (Lipinski definition) is 0. The maximum atomic E-state index is 12.4. The normalized spacial score (nSPS) is 17.2. The average molecular weight is 426 g/mol. The van der Waals surface area contributed by atoms with E-state index in [0.717, 1.165) is 0 Å². The van der Waals surface area contributed by atoms with Crippen molar-refractivity contribution in [3.05, 3.63) is 52.1 Å². The number of piperazine rings is 1. The molecule has 2 aliphatic heterocycles. The molecular formula is C19H16BrN5O2. The Morgan fingerprint density at radius 3 is 2.63 bits per heavy atom. The van der Waals surface area contributed by atoms with E-state index in [1.54, 1.807) is 35.4 Å². The number of benzene rings is 1. The number of aromatic nitrogens is 1. The van der Waals surface area contributed by atoms with Crippen LogP contribution in [0.5, 0.6) is 0 Å². The third kappa shape index (κ3) is 3.09. The van der Waals surface area contributed by atoms with E-state index in [2.05, 4.69) is 36.8 Å². The summed E-state index contributed by atoms with van der Waals surface area (Å²) in [6.45, 7) is 3.20. The molecule has 27 heavy (non-hydrogen) atoms. The van der Waals surface area contributed by atoms with Crippen molar-refractivity contribution in [1.29, 1.82) is 5.26 Å². The van der Waals surface area contributed by atoms with Crippen LogP contribution < -0.4 is 9.80 Å². The lowest BCUT2D eigenvalue weighted by Crippen LogP contribution is -2.51. The van der Waals surface area contributed by atoms with Gasteiger partial charge < -0.3 is 4.90 Å². The Morgan fingerprint density at radius 2 is 1.89 bits per heavy atom. The molecule has 1 aromatic heterocycles. The van der Waals surface area contributed by atoms with Crippen LogP contribution >= 0.6 is 15.9 Å². The molecule has 0 radical (unpaired) electrons. The minimum Gasteiger partial charge on any atom is -0.353 e. The topological polar surface area (TPSA) is 80.5 Å². The van der Waals surface area contributed by atoms with E-state index in [0.29, 0.717) is 60.0 Å². The zero-order valence-electron chi connectivity index (χ0n) is 14.4. The molecular weight excluding hydrogens is 410 g/mol. The lowest BCUT2D eigenvalue weighted by Gasteiger charge is -2.37. The molecule has 0 spiro atoms. The maximum absolute atomic E-state index is 12.4. The number of ketones is 1. The zero-order valence-corrected chi connectivity index (χ0v) is 16.0. The Kier molecular flexibility index (Phi) is 4.64. The van der Waals surface area contributed by atoms with Gasteiger partial charge in [0.05, 0.1) is 23.5 Å². The number of rotatable bonds is 3. The summed E-state index contributed by atoms with van der Waals surface area (Å²) in [5.74, 6) is -0.263. The number of amides is 1. The smallest absolute Gasteiger partial charge is 0.300 e. The van der Waals surface area contributed by atoms with E-state index >= 15 is 0 Å². The van der Waals surface area contributed by atoms with Crippen LogP contribution in [0.4, 0.5) is 11.5 Å². The summed E-state index contributed by atoms with van der Waals surface area (Å²) >= 11 is 3.36. The number of halogens is 1. The number of carbonyl (C=O) groups is 2. The van der Waals surface area contributed by atoms with Gasteiger partial charge in [-0.25, -0.2) is 4.98 Å². The summed E-state index contributed by atoms with van der Waals surface area (Å²) in [6.07, 6.45) is 1.69. The third-order valence-corrected chi connectivity index (χ3v) is 5.53. The van der Waals surface area contributed by atoms with Gasteiger partial charge in [0.15, 0.2) is 0 Å². The molecule has 8 heteroatoms. The monoisotopic (exact) mass is 425 g/mol. The molecule has 7 nitrogen and oxygen atoms in total. The van der Waals surface area contributed by atoms with E-state index in [1.807, 2.05) is 6.07 Å². The van der Waals surface area contributed by atoms with Crippen LogP contribution in [0.15, 0.2) is 41.0 Å². The van der Waals surface area contributed by atoms with E-state index in [1.165, 1.54) is 0 Å². The molecule has 0 unspecified atom stereocenters. The largest absolute Gasteiger partial charge is 0.353 e. The number of anilines is 2. The Hall–Kier alpha value is -2.76. The van der Waals surface area contributed by atoms with Crippen LogP contribution in [-0.2, 0) is 4.79 Å². The fraction of sp³-hybridized carbons (Fsp3) is 0.263. The molecule has 1 amide bonds. The fourth-order valence-corrected chi connectivity index (χ4v) is 4.01. The number of Topliss-reactive ketones (excluding diaryl/α,β-unsaturated/α-hetero) is 1. The third-order valence-electron chi connectivity index (χ3n) is 4.87. The van der Waals surface area contributed by atoms with Gasteiger partial charge in [0.2, 0.25) is 0 Å². The summed E-state index contributed by atoms with van der Waals surface area (Å²) in [5.41, 5.74) is 1.65. The first-order valence-electron chi connectivity index (χ1n) is 8.57. The molecule has 0 atom stereocenters. The SMILES string of the molecule is N#Cc1cccnc1N1CCN(CN2C(=O)C(=O)c3c(Br)cccc32)CC1. The van der Waals surface area contributed by atoms with Gasteiger partial charge in [-0.3, -0.25) is 19.4 Å². The standard InChI is InChI=1S/C19H16BrN5O2/c20-14-4-1-5-15-16(14)17(26)19(27)25(15)12-23-7-9-24(10-8-23)18-13(11-21)3-2-6-22-18/h1-6H,7-10,12H2. The molecule has 136 valence electrons. The van der Waals surface area contributed by atoms with Gasteiger partial charge in [0.1, 0.15) is 11.9 Å². The lowest BCUT2D eigenvalue weighted by molar-refractivity contribution is -0.114. The van der Waals surface area contributed by atoms with Crippen molar-refractivity contribution < 1.29 is 9.59 Å². The summed E-state index contributed by atoms with van der Waals surface area (Å²) in [5, 5.41) is 9.25. The second-order valence-corrected chi connectivity index (χ2v) is 7.28. The highest BCUT2D eigenvalue weighted by Crippen LogP contribution is 2.34. The van der Waals surface area contributed by atoms with Gasteiger partial charge >= 0.3 is 5.91 Å². The highest BCUT2D eigenvalue weighted by Gasteiger charge is 2.38. The molecule has 0 aliphatic carbocycles. The molecule has 0 bridgehead atoms. The Bertz CT molecular complexity index is 963. The van der Waals surface area contributed by atoms with Crippen LogP contribution in [0, 0.1) is 11.3 Å². The van der Waals surface area contributed by atoms with Crippen LogP contribution in [0.2, 0.25) is 0 Å². The molecule has 1 saturated heterocycles. The molecule has 1 fully saturated rings. The maximum Gasteiger partial charge on any atom is 0.300 e. The predicted molar refractivity (Wildman–Crippen MR) is 104 cm³/mol. The van der Waals surface area contributed by atoms with Crippen molar-refractivity contribution in [3.63, 3.8) is 0 Å². The van der Waals surface area contributed by atoms with Gasteiger partial charge in [0.25, 0.3) is 5.78 Å². The fourth-order valence-electron chi connectivity index (χ4n) is 3.48. The number of fused-ring (bicyclic) bond motifs is 1. The first kappa shape index (κ1) is 17.6. The van der Waals surface area contributed by atoms with E-state index in [-0.39, 0.29) is 0 Å². The second kappa shape index (κ2) is 7.10. The molecule has 3 heterocycles. The highest BCUT2D eigenvalue weighted by molar-refractivity contribution is 9.10. The van der Waals surface area contributed by atoms with Gasteiger partial charge in [0, 0.05) is 36.8 Å². The summed E-state index contributed by atoms with van der Waals surface area (Å²) in [4.78, 5) is 34.8. The molecule has 0 saturated carbocycles. The molecule has 2 aromatic rings. The predicted octanol–water partition coefficient (Wildman–Crippen LogP) is 2.02. The Labute approximate surface area is 164 Å². The number of nitriles is 1. The second-order valence-electron chi connectivity index (χ2n) is 6.43. The van der Waals surface area contributed by atoms with Crippen LogP contribution in [0.1, 0.15) is 15.9 Å². The van der Waals surface area contributed by atoms with Crippen molar-refractivity contribution in [2.75, 3.05) is 42.6 Å². The molecule has 1 aromatic carbocycles. The quantitative estimate of drug-likeness (QED) is 0.699. The van der Waals surface area contributed by atoms with Crippen molar-refractivity contribution >= 4 is 39.1 Å². The van der Waals surface area contributed by atoms with Crippen molar-refractivity contribution in [2.24, 2.45) is 0 Å². The van der Waals surface area contributed by atoms with Gasteiger partial charge in [-0.05, 0) is 40.2 Å².